The minimum Gasteiger partial charge on any atom is -0.373 e. The highest BCUT2D eigenvalue weighted by molar-refractivity contribution is 4.76. The van der Waals surface area contributed by atoms with Gasteiger partial charge in [-0.2, -0.15) is 0 Å². The fraction of sp³-hybridized carbons (Fsp3) is 0.889. The van der Waals surface area contributed by atoms with E-state index in [2.05, 4.69) is 41.7 Å². The average molecular weight is 143 g/mol. The maximum atomic E-state index is 5.06. The molecule has 0 aromatic carbocycles. The van der Waals surface area contributed by atoms with Gasteiger partial charge in [0.05, 0.1) is 12.7 Å². The van der Waals surface area contributed by atoms with Crippen molar-refractivity contribution in [3.63, 3.8) is 0 Å². The SMILES string of the molecule is [CH2]OC(C)(C)CC(C)(C)C. The van der Waals surface area contributed by atoms with E-state index in [0.29, 0.717) is 5.41 Å². The van der Waals surface area contributed by atoms with Crippen LogP contribution in [0.5, 0.6) is 0 Å². The van der Waals surface area contributed by atoms with Gasteiger partial charge in [-0.3, -0.25) is 0 Å². The Bertz CT molecular complexity index is 97.8. The molecule has 0 aromatic rings. The smallest absolute Gasteiger partial charge is 0.0708 e. The quantitative estimate of drug-likeness (QED) is 0.577. The van der Waals surface area contributed by atoms with E-state index < -0.39 is 0 Å². The molecule has 0 N–H and O–H groups in total. The highest BCUT2D eigenvalue weighted by atomic mass is 16.5. The average Bonchev–Trinajstić information content (AvgIpc) is 1.60. The summed E-state index contributed by atoms with van der Waals surface area (Å²) >= 11 is 0. The van der Waals surface area contributed by atoms with Crippen molar-refractivity contribution in [3.8, 4) is 0 Å². The molecule has 0 amide bonds. The van der Waals surface area contributed by atoms with E-state index in [4.69, 9.17) is 4.74 Å². The molecular weight excluding hydrogens is 124 g/mol. The van der Waals surface area contributed by atoms with Crippen LogP contribution in [-0.2, 0) is 4.74 Å². The fourth-order valence-electron chi connectivity index (χ4n) is 1.33. The molecule has 0 saturated heterocycles. The second-order valence-electron chi connectivity index (χ2n) is 4.64. The molecule has 1 radical (unpaired) electrons. The van der Waals surface area contributed by atoms with Gasteiger partial charge in [0.25, 0.3) is 0 Å². The molecule has 0 rings (SSSR count). The minimum absolute atomic E-state index is 0.0851. The van der Waals surface area contributed by atoms with Crippen LogP contribution >= 0.6 is 0 Å². The van der Waals surface area contributed by atoms with Gasteiger partial charge in [0.2, 0.25) is 0 Å². The number of rotatable bonds is 2. The molecule has 1 nitrogen and oxygen atoms in total. The van der Waals surface area contributed by atoms with E-state index in [9.17, 15) is 0 Å². The van der Waals surface area contributed by atoms with Gasteiger partial charge in [-0.15, -0.1) is 0 Å². The van der Waals surface area contributed by atoms with Crippen molar-refractivity contribution >= 4 is 0 Å². The molecule has 0 aliphatic rings. The fourth-order valence-corrected chi connectivity index (χ4v) is 1.33. The molecule has 0 unspecified atom stereocenters. The summed E-state index contributed by atoms with van der Waals surface area (Å²) in [6.07, 6.45) is 1.03. The van der Waals surface area contributed by atoms with Gasteiger partial charge >= 0.3 is 0 Å². The molecule has 0 aromatic heterocycles. The second-order valence-corrected chi connectivity index (χ2v) is 4.64. The van der Waals surface area contributed by atoms with Gasteiger partial charge in [-0.25, -0.2) is 0 Å². The number of ether oxygens (including phenoxy) is 1. The van der Waals surface area contributed by atoms with Crippen molar-refractivity contribution in [1.82, 2.24) is 0 Å². The van der Waals surface area contributed by atoms with Gasteiger partial charge in [0.15, 0.2) is 0 Å². The van der Waals surface area contributed by atoms with Crippen LogP contribution in [0.2, 0.25) is 0 Å². The minimum atomic E-state index is -0.0851. The molecule has 0 atom stereocenters. The summed E-state index contributed by atoms with van der Waals surface area (Å²) < 4.78 is 5.06. The maximum absolute atomic E-state index is 5.06. The lowest BCUT2D eigenvalue weighted by atomic mass is 9.84. The predicted octanol–water partition coefficient (Wildman–Crippen LogP) is 3.01. The van der Waals surface area contributed by atoms with Crippen molar-refractivity contribution in [2.75, 3.05) is 0 Å². The summed E-state index contributed by atoms with van der Waals surface area (Å²) in [5.41, 5.74) is 0.236. The molecule has 1 heteroatoms. The third-order valence-electron chi connectivity index (χ3n) is 1.35. The van der Waals surface area contributed by atoms with Crippen LogP contribution in [0.25, 0.3) is 0 Å². The molecule has 10 heavy (non-hydrogen) atoms. The summed E-state index contributed by atoms with van der Waals surface area (Å²) in [5.74, 6) is 0. The normalized spacial score (nSPS) is 13.8. The van der Waals surface area contributed by atoms with Crippen LogP contribution in [0.4, 0.5) is 0 Å². The Morgan fingerprint density at radius 1 is 1.10 bits per heavy atom. The zero-order chi connectivity index (χ0) is 8.41. The Kier molecular flexibility index (Phi) is 2.90. The molecular formula is C9H19O. The highest BCUT2D eigenvalue weighted by Crippen LogP contribution is 2.28. The lowest BCUT2D eigenvalue weighted by molar-refractivity contribution is 0.0153. The molecule has 0 bridgehead atoms. The van der Waals surface area contributed by atoms with Crippen molar-refractivity contribution in [2.24, 2.45) is 5.41 Å². The van der Waals surface area contributed by atoms with Gasteiger partial charge in [0.1, 0.15) is 0 Å². The Labute approximate surface area is 64.8 Å². The maximum Gasteiger partial charge on any atom is 0.0708 e. The van der Waals surface area contributed by atoms with Gasteiger partial charge < -0.3 is 4.74 Å². The monoisotopic (exact) mass is 143 g/mol. The third-order valence-corrected chi connectivity index (χ3v) is 1.35. The van der Waals surface area contributed by atoms with Crippen molar-refractivity contribution in [3.05, 3.63) is 7.11 Å². The Morgan fingerprint density at radius 3 is 1.60 bits per heavy atom. The summed E-state index contributed by atoms with van der Waals surface area (Å²) in [5, 5.41) is 0. The second kappa shape index (κ2) is 2.91. The van der Waals surface area contributed by atoms with Gasteiger partial charge in [-0.05, 0) is 25.7 Å². The lowest BCUT2D eigenvalue weighted by Gasteiger charge is -2.30. The first-order valence-corrected chi connectivity index (χ1v) is 3.70. The first-order chi connectivity index (χ1) is 4.27. The summed E-state index contributed by atoms with van der Waals surface area (Å²) in [6.45, 7) is 10.7. The molecule has 0 aliphatic carbocycles. The predicted molar refractivity (Wildman–Crippen MR) is 44.6 cm³/mol. The van der Waals surface area contributed by atoms with Gasteiger partial charge in [-0.1, -0.05) is 20.8 Å². The molecule has 0 aliphatic heterocycles. The van der Waals surface area contributed by atoms with Crippen molar-refractivity contribution < 1.29 is 4.74 Å². The Morgan fingerprint density at radius 2 is 1.50 bits per heavy atom. The first-order valence-electron chi connectivity index (χ1n) is 3.70. The summed E-state index contributed by atoms with van der Waals surface area (Å²) in [4.78, 5) is 0. The van der Waals surface area contributed by atoms with Crippen LogP contribution in [0.15, 0.2) is 0 Å². The number of hydrogen-bond acceptors (Lipinski definition) is 1. The summed E-state index contributed by atoms with van der Waals surface area (Å²) in [6, 6.07) is 0. The third kappa shape index (κ3) is 4.80. The zero-order valence-corrected chi connectivity index (χ0v) is 7.82. The van der Waals surface area contributed by atoms with Crippen LogP contribution in [0.3, 0.4) is 0 Å². The van der Waals surface area contributed by atoms with E-state index in [1.165, 1.54) is 0 Å². The van der Waals surface area contributed by atoms with Crippen LogP contribution in [-0.4, -0.2) is 5.60 Å². The summed E-state index contributed by atoms with van der Waals surface area (Å²) in [7, 11) is 3.44. The topological polar surface area (TPSA) is 9.23 Å². The van der Waals surface area contributed by atoms with Gasteiger partial charge in [0, 0.05) is 0 Å². The van der Waals surface area contributed by atoms with Crippen molar-refractivity contribution in [1.29, 1.82) is 0 Å². The van der Waals surface area contributed by atoms with E-state index in [-0.39, 0.29) is 5.60 Å². The van der Waals surface area contributed by atoms with Crippen LogP contribution < -0.4 is 0 Å². The highest BCUT2D eigenvalue weighted by Gasteiger charge is 2.24. The van der Waals surface area contributed by atoms with E-state index in [0.717, 1.165) is 6.42 Å². The standard InChI is InChI=1S/C9H19O/c1-8(2,3)7-9(4,5)10-6/h6-7H2,1-5H3. The Hall–Kier alpha value is -0.0400. The Balaban J connectivity index is 3.89. The lowest BCUT2D eigenvalue weighted by Crippen LogP contribution is -2.28. The first kappa shape index (κ1) is 9.96. The van der Waals surface area contributed by atoms with E-state index in [1.54, 1.807) is 0 Å². The van der Waals surface area contributed by atoms with Crippen LogP contribution in [0, 0.1) is 12.5 Å². The van der Waals surface area contributed by atoms with E-state index >= 15 is 0 Å². The molecule has 0 heterocycles. The number of hydrogen-bond donors (Lipinski definition) is 0. The van der Waals surface area contributed by atoms with E-state index in [1.807, 2.05) is 0 Å². The van der Waals surface area contributed by atoms with Crippen molar-refractivity contribution in [2.45, 2.75) is 46.6 Å². The molecule has 61 valence electrons. The van der Waals surface area contributed by atoms with Crippen LogP contribution in [0.1, 0.15) is 41.0 Å². The molecule has 0 saturated carbocycles. The molecule has 0 fully saturated rings. The molecule has 0 spiro atoms. The zero-order valence-electron chi connectivity index (χ0n) is 7.82. The largest absolute Gasteiger partial charge is 0.373 e.